The average molecular weight is 287 g/mol. The summed E-state index contributed by atoms with van der Waals surface area (Å²) >= 11 is 7.46. The lowest BCUT2D eigenvalue weighted by Gasteiger charge is -1.99. The fourth-order valence-electron chi connectivity index (χ4n) is 2.40. The van der Waals surface area contributed by atoms with E-state index in [4.69, 9.17) is 11.6 Å². The third-order valence-electron chi connectivity index (χ3n) is 3.23. The Morgan fingerprint density at radius 2 is 2.16 bits per heavy atom. The zero-order valence-electron chi connectivity index (χ0n) is 9.61. The largest absolute Gasteiger partial charge is 0.287 e. The van der Waals surface area contributed by atoms with Gasteiger partial charge in [-0.2, -0.15) is 5.10 Å². The van der Waals surface area contributed by atoms with Gasteiger partial charge in [-0.15, -0.1) is 11.3 Å². The standard InChI is InChI=1S/C14H7ClN2OS/c15-8-3-1-2-7(6-8)11-10-12(17-16-11)9-4-5-19-14(9)13(10)18/h1-6H,(H,16,17). The number of rotatable bonds is 1. The molecule has 0 radical (unpaired) electrons. The molecule has 2 aromatic heterocycles. The third kappa shape index (κ3) is 1.44. The van der Waals surface area contributed by atoms with Crippen molar-refractivity contribution >= 4 is 28.7 Å². The minimum Gasteiger partial charge on any atom is -0.287 e. The summed E-state index contributed by atoms with van der Waals surface area (Å²) in [6.45, 7) is 0. The zero-order chi connectivity index (χ0) is 13.0. The summed E-state index contributed by atoms with van der Waals surface area (Å²) < 4.78 is 0. The Kier molecular flexibility index (Phi) is 2.19. The van der Waals surface area contributed by atoms with Gasteiger partial charge < -0.3 is 0 Å². The first-order chi connectivity index (χ1) is 9.25. The van der Waals surface area contributed by atoms with E-state index in [1.54, 1.807) is 6.07 Å². The Labute approximate surface area is 117 Å². The third-order valence-corrected chi connectivity index (χ3v) is 4.38. The van der Waals surface area contributed by atoms with Crippen LogP contribution in [0.4, 0.5) is 0 Å². The lowest BCUT2D eigenvalue weighted by molar-refractivity contribution is 0.104. The zero-order valence-corrected chi connectivity index (χ0v) is 11.2. The molecular weight excluding hydrogens is 280 g/mol. The number of fused-ring (bicyclic) bond motifs is 3. The fourth-order valence-corrected chi connectivity index (χ4v) is 3.43. The van der Waals surface area contributed by atoms with Crippen molar-refractivity contribution in [3.63, 3.8) is 0 Å². The predicted molar refractivity (Wildman–Crippen MR) is 75.8 cm³/mol. The molecule has 0 saturated heterocycles. The highest BCUT2D eigenvalue weighted by molar-refractivity contribution is 7.13. The minimum absolute atomic E-state index is 0.0451. The van der Waals surface area contributed by atoms with Gasteiger partial charge in [-0.05, 0) is 23.6 Å². The number of H-pyrrole nitrogens is 1. The van der Waals surface area contributed by atoms with Gasteiger partial charge in [0.15, 0.2) is 0 Å². The van der Waals surface area contributed by atoms with Crippen LogP contribution in [0.5, 0.6) is 0 Å². The summed E-state index contributed by atoms with van der Waals surface area (Å²) in [7, 11) is 0. The van der Waals surface area contributed by atoms with E-state index in [-0.39, 0.29) is 5.78 Å². The Morgan fingerprint density at radius 1 is 1.26 bits per heavy atom. The van der Waals surface area contributed by atoms with Crippen molar-refractivity contribution in [3.8, 4) is 22.5 Å². The molecule has 1 aromatic carbocycles. The molecule has 1 aliphatic rings. The second kappa shape index (κ2) is 3.79. The first kappa shape index (κ1) is 11.0. The van der Waals surface area contributed by atoms with E-state index in [2.05, 4.69) is 10.2 Å². The molecular formula is C14H7ClN2OS. The summed E-state index contributed by atoms with van der Waals surface area (Å²) in [4.78, 5) is 13.2. The molecule has 3 nitrogen and oxygen atoms in total. The first-order valence-electron chi connectivity index (χ1n) is 5.72. The Hall–Kier alpha value is -1.91. The minimum atomic E-state index is 0.0451. The Bertz CT molecular complexity index is 818. The summed E-state index contributed by atoms with van der Waals surface area (Å²) in [5.41, 5.74) is 3.95. The van der Waals surface area contributed by atoms with Gasteiger partial charge in [-0.3, -0.25) is 9.89 Å². The molecule has 0 fully saturated rings. The van der Waals surface area contributed by atoms with Crippen molar-refractivity contribution < 1.29 is 4.79 Å². The SMILES string of the molecule is O=C1c2sccc2-c2[nH]nc(-c3cccc(Cl)c3)c21. The van der Waals surface area contributed by atoms with Crippen molar-refractivity contribution in [1.29, 1.82) is 0 Å². The molecule has 4 rings (SSSR count). The second-order valence-corrected chi connectivity index (χ2v) is 5.68. The molecule has 5 heteroatoms. The molecule has 0 bridgehead atoms. The highest BCUT2D eigenvalue weighted by Gasteiger charge is 2.33. The van der Waals surface area contributed by atoms with E-state index in [1.165, 1.54) is 11.3 Å². The van der Waals surface area contributed by atoms with Crippen LogP contribution in [-0.2, 0) is 0 Å². The Morgan fingerprint density at radius 3 is 3.00 bits per heavy atom. The number of hydrogen-bond donors (Lipinski definition) is 1. The van der Waals surface area contributed by atoms with Crippen molar-refractivity contribution in [1.82, 2.24) is 10.2 Å². The molecule has 0 aliphatic heterocycles. The van der Waals surface area contributed by atoms with E-state index in [0.29, 0.717) is 16.3 Å². The van der Waals surface area contributed by atoms with Crippen LogP contribution in [0, 0.1) is 0 Å². The Balaban J connectivity index is 1.97. The van der Waals surface area contributed by atoms with E-state index in [0.717, 1.165) is 21.7 Å². The number of hydrogen-bond acceptors (Lipinski definition) is 3. The maximum Gasteiger partial charge on any atom is 0.208 e. The second-order valence-electron chi connectivity index (χ2n) is 4.33. The van der Waals surface area contributed by atoms with Crippen LogP contribution in [0.2, 0.25) is 5.02 Å². The average Bonchev–Trinajstić information content (AvgIpc) is 3.07. The van der Waals surface area contributed by atoms with Crippen LogP contribution < -0.4 is 0 Å². The molecule has 3 aromatic rings. The van der Waals surface area contributed by atoms with Gasteiger partial charge in [-0.1, -0.05) is 23.7 Å². The van der Waals surface area contributed by atoms with Crippen molar-refractivity contribution in [2.75, 3.05) is 0 Å². The lowest BCUT2D eigenvalue weighted by Crippen LogP contribution is -1.95. The van der Waals surface area contributed by atoms with Gasteiger partial charge in [0.05, 0.1) is 16.1 Å². The number of nitrogens with one attached hydrogen (secondary N) is 1. The van der Waals surface area contributed by atoms with Gasteiger partial charge in [0.2, 0.25) is 5.78 Å². The topological polar surface area (TPSA) is 45.8 Å². The number of benzene rings is 1. The van der Waals surface area contributed by atoms with Crippen LogP contribution in [0.25, 0.3) is 22.5 Å². The van der Waals surface area contributed by atoms with Gasteiger partial charge in [-0.25, -0.2) is 0 Å². The molecule has 0 spiro atoms. The summed E-state index contributed by atoms with van der Waals surface area (Å²) in [5, 5.41) is 9.80. The molecule has 0 atom stereocenters. The van der Waals surface area contributed by atoms with Crippen molar-refractivity contribution in [3.05, 3.63) is 51.2 Å². The van der Waals surface area contributed by atoms with E-state index in [9.17, 15) is 4.79 Å². The highest BCUT2D eigenvalue weighted by atomic mass is 35.5. The number of halogens is 1. The molecule has 0 unspecified atom stereocenters. The van der Waals surface area contributed by atoms with Gasteiger partial charge in [0, 0.05) is 16.1 Å². The number of carbonyl (C=O) groups excluding carboxylic acids is 1. The quantitative estimate of drug-likeness (QED) is 0.575. The number of aromatic amines is 1. The number of ketones is 1. The number of carbonyl (C=O) groups is 1. The van der Waals surface area contributed by atoms with Crippen molar-refractivity contribution in [2.45, 2.75) is 0 Å². The van der Waals surface area contributed by atoms with Crippen LogP contribution >= 0.6 is 22.9 Å². The van der Waals surface area contributed by atoms with Gasteiger partial charge in [0.25, 0.3) is 0 Å². The van der Waals surface area contributed by atoms with Crippen LogP contribution in [0.1, 0.15) is 15.2 Å². The normalized spacial score (nSPS) is 12.6. The monoisotopic (exact) mass is 286 g/mol. The molecule has 0 amide bonds. The summed E-state index contributed by atoms with van der Waals surface area (Å²) in [6.07, 6.45) is 0. The van der Waals surface area contributed by atoms with E-state index < -0.39 is 0 Å². The first-order valence-corrected chi connectivity index (χ1v) is 6.98. The van der Waals surface area contributed by atoms with Gasteiger partial charge >= 0.3 is 0 Å². The van der Waals surface area contributed by atoms with E-state index >= 15 is 0 Å². The number of thiophene rings is 1. The summed E-state index contributed by atoms with van der Waals surface area (Å²) in [6, 6.07) is 9.33. The maximum absolute atomic E-state index is 12.4. The molecule has 0 saturated carbocycles. The van der Waals surface area contributed by atoms with Crippen LogP contribution in [0.15, 0.2) is 35.7 Å². The molecule has 1 aliphatic carbocycles. The molecule has 2 heterocycles. The summed E-state index contributed by atoms with van der Waals surface area (Å²) in [5.74, 6) is 0.0451. The van der Waals surface area contributed by atoms with Crippen LogP contribution in [-0.4, -0.2) is 16.0 Å². The number of aromatic nitrogens is 2. The lowest BCUT2D eigenvalue weighted by atomic mass is 10.1. The van der Waals surface area contributed by atoms with Crippen LogP contribution in [0.3, 0.4) is 0 Å². The number of nitrogens with zero attached hydrogens (tertiary/aromatic N) is 1. The van der Waals surface area contributed by atoms with Crippen molar-refractivity contribution in [2.24, 2.45) is 0 Å². The molecule has 92 valence electrons. The molecule has 1 N–H and O–H groups in total. The van der Waals surface area contributed by atoms with E-state index in [1.807, 2.05) is 29.6 Å². The molecule has 19 heavy (non-hydrogen) atoms. The highest BCUT2D eigenvalue weighted by Crippen LogP contribution is 2.42. The predicted octanol–water partition coefficient (Wildman–Crippen LogP) is 4.00. The maximum atomic E-state index is 12.4. The smallest absolute Gasteiger partial charge is 0.208 e. The van der Waals surface area contributed by atoms with Gasteiger partial charge in [0.1, 0.15) is 5.69 Å². The fraction of sp³-hybridized carbons (Fsp3) is 0.